The van der Waals surface area contributed by atoms with E-state index in [4.69, 9.17) is 21.1 Å². The first-order chi connectivity index (χ1) is 14.6. The number of halogens is 2. The van der Waals surface area contributed by atoms with Crippen molar-refractivity contribution in [3.8, 4) is 11.6 Å². The van der Waals surface area contributed by atoms with E-state index in [0.29, 0.717) is 22.6 Å². The Morgan fingerprint density at radius 1 is 1.23 bits per heavy atom. The molecule has 0 spiro atoms. The molecule has 0 fully saturated rings. The molecule has 7 nitrogen and oxygen atoms in total. The molecule has 1 amide bonds. The number of carbonyl (C=O) groups excluding carboxylic acids is 1. The molecule has 152 valence electrons. The summed E-state index contributed by atoms with van der Waals surface area (Å²) in [6, 6.07) is 13.7. The van der Waals surface area contributed by atoms with E-state index in [1.807, 2.05) is 30.3 Å². The number of amides is 1. The van der Waals surface area contributed by atoms with Crippen LogP contribution in [0.3, 0.4) is 0 Å². The fourth-order valence-corrected chi connectivity index (χ4v) is 3.12. The van der Waals surface area contributed by atoms with E-state index >= 15 is 0 Å². The molecule has 0 radical (unpaired) electrons. The first-order valence-electron chi connectivity index (χ1n) is 8.91. The molecule has 0 saturated heterocycles. The molecule has 30 heavy (non-hydrogen) atoms. The van der Waals surface area contributed by atoms with E-state index in [9.17, 15) is 9.18 Å². The van der Waals surface area contributed by atoms with Crippen molar-refractivity contribution in [3.63, 3.8) is 0 Å². The van der Waals surface area contributed by atoms with Crippen LogP contribution in [0.4, 0.5) is 10.1 Å². The maximum atomic E-state index is 15.0. The number of benzene rings is 2. The minimum atomic E-state index is -0.842. The number of aromatic nitrogens is 3. The Balaban J connectivity index is 1.57. The number of rotatable bonds is 6. The fraction of sp³-hybridized carbons (Fsp3) is 0.0952. The van der Waals surface area contributed by atoms with Crippen LogP contribution < -0.4 is 14.8 Å². The van der Waals surface area contributed by atoms with Gasteiger partial charge in [0, 0.05) is 0 Å². The molecule has 0 saturated carbocycles. The summed E-state index contributed by atoms with van der Waals surface area (Å²) in [5, 5.41) is 9.80. The van der Waals surface area contributed by atoms with E-state index in [1.165, 1.54) is 25.4 Å². The molecule has 0 unspecified atom stereocenters. The van der Waals surface area contributed by atoms with Gasteiger partial charge in [0.05, 0.1) is 35.0 Å². The highest BCUT2D eigenvalue weighted by Gasteiger charge is 2.21. The number of nitrogens with zero attached hydrogens (tertiary/aromatic N) is 2. The normalized spacial score (nSPS) is 10.8. The van der Waals surface area contributed by atoms with Gasteiger partial charge in [0.1, 0.15) is 6.61 Å². The second kappa shape index (κ2) is 8.38. The standard InChI is InChI=1S/C21H16ClFN4O3/c1-29-21-14-9-13(10-24-19(14)26-27-21)25-20(28)17-15(22)7-8-16(18(17)23)30-11-12-5-3-2-4-6-12/h2-10H,11H2,1H3,(H,25,28)(H,24,26,27). The lowest BCUT2D eigenvalue weighted by Gasteiger charge is -2.12. The third-order valence-electron chi connectivity index (χ3n) is 4.35. The Labute approximate surface area is 175 Å². The van der Waals surface area contributed by atoms with Gasteiger partial charge in [-0.05, 0) is 23.8 Å². The lowest BCUT2D eigenvalue weighted by atomic mass is 10.1. The second-order valence-corrected chi connectivity index (χ2v) is 6.72. The van der Waals surface area contributed by atoms with Crippen LogP contribution in [0.2, 0.25) is 5.02 Å². The minimum Gasteiger partial charge on any atom is -0.486 e. The minimum absolute atomic E-state index is 0.0352. The summed E-state index contributed by atoms with van der Waals surface area (Å²) in [5.74, 6) is -1.32. The summed E-state index contributed by atoms with van der Waals surface area (Å²) in [5.41, 5.74) is 1.37. The number of pyridine rings is 1. The number of carbonyl (C=O) groups is 1. The van der Waals surface area contributed by atoms with Crippen LogP contribution in [0.1, 0.15) is 15.9 Å². The average molecular weight is 427 g/mol. The number of methoxy groups -OCH3 is 1. The van der Waals surface area contributed by atoms with Crippen molar-refractivity contribution in [2.24, 2.45) is 0 Å². The van der Waals surface area contributed by atoms with E-state index in [1.54, 1.807) is 6.07 Å². The maximum Gasteiger partial charge on any atom is 0.260 e. The third kappa shape index (κ3) is 3.90. The van der Waals surface area contributed by atoms with Crippen LogP contribution in [0.25, 0.3) is 11.0 Å². The highest BCUT2D eigenvalue weighted by atomic mass is 35.5. The lowest BCUT2D eigenvalue weighted by molar-refractivity contribution is 0.102. The number of hydrogen-bond acceptors (Lipinski definition) is 5. The molecule has 0 atom stereocenters. The zero-order chi connectivity index (χ0) is 21.1. The average Bonchev–Trinajstić information content (AvgIpc) is 3.16. The van der Waals surface area contributed by atoms with Gasteiger partial charge in [-0.3, -0.25) is 9.89 Å². The van der Waals surface area contributed by atoms with Crippen LogP contribution in [0.5, 0.6) is 11.6 Å². The number of anilines is 1. The second-order valence-electron chi connectivity index (χ2n) is 6.32. The number of fused-ring (bicyclic) bond motifs is 1. The molecular formula is C21H16ClFN4O3. The van der Waals surface area contributed by atoms with Gasteiger partial charge >= 0.3 is 0 Å². The Kier molecular flexibility index (Phi) is 5.49. The van der Waals surface area contributed by atoms with E-state index in [2.05, 4.69) is 20.5 Å². The van der Waals surface area contributed by atoms with Crippen molar-refractivity contribution in [1.82, 2.24) is 15.2 Å². The molecule has 2 N–H and O–H groups in total. The summed E-state index contributed by atoms with van der Waals surface area (Å²) in [6.07, 6.45) is 1.42. The van der Waals surface area contributed by atoms with Gasteiger partial charge in [-0.2, -0.15) is 0 Å². The highest BCUT2D eigenvalue weighted by Crippen LogP contribution is 2.29. The predicted octanol–water partition coefficient (Wildman–Crippen LogP) is 4.59. The van der Waals surface area contributed by atoms with E-state index in [-0.39, 0.29) is 22.9 Å². The first kappa shape index (κ1) is 19.7. The van der Waals surface area contributed by atoms with Gasteiger partial charge < -0.3 is 14.8 Å². The van der Waals surface area contributed by atoms with Gasteiger partial charge in [-0.1, -0.05) is 41.9 Å². The Bertz CT molecular complexity index is 1210. The van der Waals surface area contributed by atoms with Crippen molar-refractivity contribution in [3.05, 3.63) is 76.7 Å². The molecule has 4 aromatic rings. The van der Waals surface area contributed by atoms with Crippen LogP contribution in [-0.4, -0.2) is 28.2 Å². The fourth-order valence-electron chi connectivity index (χ4n) is 2.89. The van der Waals surface area contributed by atoms with Crippen molar-refractivity contribution in [1.29, 1.82) is 0 Å². The van der Waals surface area contributed by atoms with Crippen LogP contribution in [0, 0.1) is 5.82 Å². The number of nitrogens with one attached hydrogen (secondary N) is 2. The number of aromatic amines is 1. The number of H-pyrrole nitrogens is 1. The van der Waals surface area contributed by atoms with E-state index in [0.717, 1.165) is 5.56 Å². The quantitative estimate of drug-likeness (QED) is 0.470. The monoisotopic (exact) mass is 426 g/mol. The van der Waals surface area contributed by atoms with Gasteiger partial charge in [0.2, 0.25) is 5.88 Å². The Morgan fingerprint density at radius 2 is 2.03 bits per heavy atom. The van der Waals surface area contributed by atoms with Gasteiger partial charge in [0.25, 0.3) is 5.91 Å². The molecule has 2 aromatic carbocycles. The van der Waals surface area contributed by atoms with Crippen molar-refractivity contribution in [2.75, 3.05) is 12.4 Å². The smallest absolute Gasteiger partial charge is 0.260 e. The van der Waals surface area contributed by atoms with Crippen molar-refractivity contribution in [2.45, 2.75) is 6.61 Å². The van der Waals surface area contributed by atoms with Crippen LogP contribution in [0.15, 0.2) is 54.7 Å². The van der Waals surface area contributed by atoms with Crippen molar-refractivity contribution >= 4 is 34.2 Å². The predicted molar refractivity (Wildman–Crippen MR) is 111 cm³/mol. The SMILES string of the molecule is COc1n[nH]c2ncc(NC(=O)c3c(Cl)ccc(OCc4ccccc4)c3F)cc12. The largest absolute Gasteiger partial charge is 0.486 e. The molecule has 9 heteroatoms. The van der Waals surface area contributed by atoms with Crippen LogP contribution in [-0.2, 0) is 6.61 Å². The topological polar surface area (TPSA) is 89.1 Å². The van der Waals surface area contributed by atoms with Crippen molar-refractivity contribution < 1.29 is 18.7 Å². The first-order valence-corrected chi connectivity index (χ1v) is 9.29. The summed E-state index contributed by atoms with van der Waals surface area (Å²) in [7, 11) is 1.47. The summed E-state index contributed by atoms with van der Waals surface area (Å²) >= 11 is 6.10. The van der Waals surface area contributed by atoms with Gasteiger partial charge in [0.15, 0.2) is 17.2 Å². The Hall–Kier alpha value is -3.65. The van der Waals surface area contributed by atoms with E-state index < -0.39 is 11.7 Å². The highest BCUT2D eigenvalue weighted by molar-refractivity contribution is 6.34. The molecule has 0 aliphatic heterocycles. The number of ether oxygens (including phenoxy) is 2. The Morgan fingerprint density at radius 3 is 2.80 bits per heavy atom. The maximum absolute atomic E-state index is 15.0. The summed E-state index contributed by atoms with van der Waals surface area (Å²) < 4.78 is 25.7. The molecule has 2 aromatic heterocycles. The zero-order valence-electron chi connectivity index (χ0n) is 15.8. The molecule has 0 bridgehead atoms. The zero-order valence-corrected chi connectivity index (χ0v) is 16.5. The van der Waals surface area contributed by atoms with Crippen LogP contribution >= 0.6 is 11.6 Å². The summed E-state index contributed by atoms with van der Waals surface area (Å²) in [4.78, 5) is 16.9. The lowest BCUT2D eigenvalue weighted by Crippen LogP contribution is -2.15. The summed E-state index contributed by atoms with van der Waals surface area (Å²) in [6.45, 7) is 0.154. The molecule has 2 heterocycles. The molecule has 4 rings (SSSR count). The molecule has 0 aliphatic rings. The van der Waals surface area contributed by atoms with Gasteiger partial charge in [-0.25, -0.2) is 9.37 Å². The van der Waals surface area contributed by atoms with Gasteiger partial charge in [-0.15, -0.1) is 5.10 Å². The molecule has 0 aliphatic carbocycles. The third-order valence-corrected chi connectivity index (χ3v) is 4.67. The number of hydrogen-bond donors (Lipinski definition) is 2. The molecular weight excluding hydrogens is 411 g/mol.